The van der Waals surface area contributed by atoms with Crippen molar-refractivity contribution in [1.82, 2.24) is 4.90 Å². The molecule has 7 nitrogen and oxygen atoms in total. The molecule has 2 aromatic rings. The van der Waals surface area contributed by atoms with E-state index in [9.17, 15) is 14.7 Å². The number of cyclic esters (lactones) is 1. The first-order chi connectivity index (χ1) is 17.4. The summed E-state index contributed by atoms with van der Waals surface area (Å²) in [6.07, 6.45) is -2.75. The van der Waals surface area contributed by atoms with Gasteiger partial charge in [-0.05, 0) is 42.6 Å². The number of nitrogens with zero attached hydrogens (tertiary/aromatic N) is 1. The van der Waals surface area contributed by atoms with Gasteiger partial charge in [-0.25, -0.2) is 9.69 Å². The third-order valence-electron chi connectivity index (χ3n) is 7.25. The van der Waals surface area contributed by atoms with Gasteiger partial charge in [-0.2, -0.15) is 0 Å². The van der Waals surface area contributed by atoms with Crippen molar-refractivity contribution in [2.24, 2.45) is 0 Å². The molecule has 8 heteroatoms. The number of carbonyl (C=O) groups is 2. The van der Waals surface area contributed by atoms with Gasteiger partial charge in [0.2, 0.25) is 0 Å². The molecule has 1 N–H and O–H groups in total. The highest BCUT2D eigenvalue weighted by Crippen LogP contribution is 2.37. The molecule has 0 aromatic heterocycles. The van der Waals surface area contributed by atoms with Crippen LogP contribution < -0.4 is 0 Å². The third-order valence-corrected chi connectivity index (χ3v) is 11.9. The Labute approximate surface area is 221 Å². The van der Waals surface area contributed by atoms with Crippen molar-refractivity contribution >= 4 is 20.3 Å². The maximum absolute atomic E-state index is 13.8. The standard InChI is InChI=1S/C29H41NO6Si/c1-21(36-37(5,6)29(2,3)4)17-25(31)26(34-19-23-15-11-8-12-16-23)27(32)30-24(20-35-28(30)33)18-22-13-9-7-10-14-22/h7-16,21,24-26,31H,17-20H2,1-6H3/t21-,24-,25-,26-/m1/s1. The number of hydrogen-bond acceptors (Lipinski definition) is 6. The van der Waals surface area contributed by atoms with E-state index in [1.165, 1.54) is 0 Å². The van der Waals surface area contributed by atoms with Crippen LogP contribution in [0.25, 0.3) is 0 Å². The minimum atomic E-state index is -2.08. The van der Waals surface area contributed by atoms with Crippen molar-refractivity contribution in [3.05, 3.63) is 71.8 Å². The fraction of sp³-hybridized carbons (Fsp3) is 0.517. The largest absolute Gasteiger partial charge is 0.447 e. The Morgan fingerprint density at radius 2 is 1.65 bits per heavy atom. The molecule has 2 aromatic carbocycles. The van der Waals surface area contributed by atoms with Crippen molar-refractivity contribution in [3.63, 3.8) is 0 Å². The molecule has 0 saturated carbocycles. The number of hydrogen-bond donors (Lipinski definition) is 1. The number of amides is 2. The van der Waals surface area contributed by atoms with Gasteiger partial charge < -0.3 is 19.0 Å². The number of rotatable bonds is 11. The van der Waals surface area contributed by atoms with Crippen LogP contribution in [0.4, 0.5) is 4.79 Å². The Hall–Kier alpha value is -2.52. The summed E-state index contributed by atoms with van der Waals surface area (Å²) in [6.45, 7) is 12.9. The van der Waals surface area contributed by atoms with Gasteiger partial charge in [0.05, 0.1) is 18.8 Å². The Balaban J connectivity index is 1.78. The molecular weight excluding hydrogens is 486 g/mol. The second kappa shape index (κ2) is 12.3. The molecule has 37 heavy (non-hydrogen) atoms. The van der Waals surface area contributed by atoms with Crippen LogP contribution >= 0.6 is 0 Å². The molecule has 1 aliphatic heterocycles. The van der Waals surface area contributed by atoms with Crippen LogP contribution in [0.3, 0.4) is 0 Å². The van der Waals surface area contributed by atoms with Gasteiger partial charge in [-0.3, -0.25) is 4.79 Å². The molecule has 1 fully saturated rings. The van der Waals surface area contributed by atoms with Gasteiger partial charge in [0, 0.05) is 12.5 Å². The molecule has 0 spiro atoms. The topological polar surface area (TPSA) is 85.3 Å². The molecule has 202 valence electrons. The van der Waals surface area contributed by atoms with Crippen molar-refractivity contribution < 1.29 is 28.6 Å². The zero-order valence-corrected chi connectivity index (χ0v) is 23.8. The monoisotopic (exact) mass is 527 g/mol. The van der Waals surface area contributed by atoms with E-state index in [1.807, 2.05) is 67.6 Å². The summed E-state index contributed by atoms with van der Waals surface area (Å²) in [4.78, 5) is 27.5. The van der Waals surface area contributed by atoms with Crippen LogP contribution in [0.5, 0.6) is 0 Å². The van der Waals surface area contributed by atoms with Crippen molar-refractivity contribution in [1.29, 1.82) is 0 Å². The van der Waals surface area contributed by atoms with E-state index in [2.05, 4.69) is 33.9 Å². The second-order valence-corrected chi connectivity index (χ2v) is 16.1. The number of aliphatic hydroxyl groups excluding tert-OH is 1. The van der Waals surface area contributed by atoms with Gasteiger partial charge >= 0.3 is 6.09 Å². The van der Waals surface area contributed by atoms with Gasteiger partial charge in [0.1, 0.15) is 6.61 Å². The zero-order chi connectivity index (χ0) is 27.2. The molecule has 1 saturated heterocycles. The summed E-state index contributed by atoms with van der Waals surface area (Å²) in [6, 6.07) is 18.6. The minimum absolute atomic E-state index is 0.00914. The lowest BCUT2D eigenvalue weighted by Gasteiger charge is -2.39. The van der Waals surface area contributed by atoms with E-state index in [4.69, 9.17) is 13.9 Å². The van der Waals surface area contributed by atoms with Crippen LogP contribution in [-0.2, 0) is 31.7 Å². The minimum Gasteiger partial charge on any atom is -0.447 e. The molecule has 1 heterocycles. The average Bonchev–Trinajstić information content (AvgIpc) is 3.18. The lowest BCUT2D eigenvalue weighted by Crippen LogP contribution is -2.51. The van der Waals surface area contributed by atoms with E-state index < -0.39 is 38.6 Å². The highest BCUT2D eigenvalue weighted by atomic mass is 28.4. The Morgan fingerprint density at radius 3 is 2.22 bits per heavy atom. The summed E-state index contributed by atoms with van der Waals surface area (Å²) in [5, 5.41) is 11.3. The molecule has 0 aliphatic carbocycles. The van der Waals surface area contributed by atoms with Crippen LogP contribution in [-0.4, -0.2) is 61.3 Å². The van der Waals surface area contributed by atoms with Crippen LogP contribution in [0.2, 0.25) is 18.1 Å². The predicted molar refractivity (Wildman–Crippen MR) is 146 cm³/mol. The highest BCUT2D eigenvalue weighted by molar-refractivity contribution is 6.74. The molecule has 1 aliphatic rings. The summed E-state index contributed by atoms with van der Waals surface area (Å²) in [5.41, 5.74) is 1.85. The number of ether oxygens (including phenoxy) is 2. The van der Waals surface area contributed by atoms with Crippen molar-refractivity contribution in [2.45, 2.75) is 89.6 Å². The first-order valence-electron chi connectivity index (χ1n) is 12.9. The molecule has 3 rings (SSSR count). The normalized spacial score (nSPS) is 18.8. The maximum atomic E-state index is 13.8. The third kappa shape index (κ3) is 7.74. The molecule has 4 atom stereocenters. The van der Waals surface area contributed by atoms with E-state index in [1.54, 1.807) is 0 Å². The van der Waals surface area contributed by atoms with E-state index in [-0.39, 0.29) is 30.8 Å². The lowest BCUT2D eigenvalue weighted by molar-refractivity contribution is -0.152. The Morgan fingerprint density at radius 1 is 1.08 bits per heavy atom. The maximum Gasteiger partial charge on any atom is 0.417 e. The molecule has 0 radical (unpaired) electrons. The number of benzene rings is 2. The smallest absolute Gasteiger partial charge is 0.417 e. The van der Waals surface area contributed by atoms with E-state index in [0.29, 0.717) is 6.42 Å². The fourth-order valence-electron chi connectivity index (χ4n) is 4.20. The van der Waals surface area contributed by atoms with Crippen LogP contribution in [0.1, 0.15) is 45.2 Å². The number of imide groups is 1. The van der Waals surface area contributed by atoms with Crippen molar-refractivity contribution in [3.8, 4) is 0 Å². The van der Waals surface area contributed by atoms with Crippen LogP contribution in [0.15, 0.2) is 60.7 Å². The van der Waals surface area contributed by atoms with Gasteiger partial charge in [-0.1, -0.05) is 81.4 Å². The molecule has 0 unspecified atom stereocenters. The van der Waals surface area contributed by atoms with Gasteiger partial charge in [0.15, 0.2) is 14.4 Å². The summed E-state index contributed by atoms with van der Waals surface area (Å²) < 4.78 is 17.7. The van der Waals surface area contributed by atoms with E-state index in [0.717, 1.165) is 16.0 Å². The summed E-state index contributed by atoms with van der Waals surface area (Å²) in [5.74, 6) is -0.591. The number of carbonyl (C=O) groups excluding carboxylic acids is 2. The molecule has 0 bridgehead atoms. The van der Waals surface area contributed by atoms with E-state index >= 15 is 0 Å². The fourth-order valence-corrected chi connectivity index (χ4v) is 5.66. The molecular formula is C29H41NO6Si. The van der Waals surface area contributed by atoms with Crippen LogP contribution in [0, 0.1) is 0 Å². The van der Waals surface area contributed by atoms with Gasteiger partial charge in [0.25, 0.3) is 5.91 Å². The predicted octanol–water partition coefficient (Wildman–Crippen LogP) is 5.32. The first-order valence-corrected chi connectivity index (χ1v) is 15.8. The quantitative estimate of drug-likeness (QED) is 0.398. The average molecular weight is 528 g/mol. The lowest BCUT2D eigenvalue weighted by atomic mass is 10.0. The van der Waals surface area contributed by atoms with Gasteiger partial charge in [-0.15, -0.1) is 0 Å². The number of aliphatic hydroxyl groups is 1. The Kier molecular flexibility index (Phi) is 9.69. The first kappa shape index (κ1) is 29.0. The Bertz CT molecular complexity index is 1020. The van der Waals surface area contributed by atoms with Crippen molar-refractivity contribution in [2.75, 3.05) is 6.61 Å². The summed E-state index contributed by atoms with van der Waals surface area (Å²) >= 11 is 0. The SMILES string of the molecule is C[C@H](C[C@@H](O)[C@@H](OCc1ccccc1)C(=O)N1C(=O)OC[C@H]1Cc1ccccc1)O[Si](C)(C)C(C)(C)C. The second-order valence-electron chi connectivity index (χ2n) is 11.3. The summed E-state index contributed by atoms with van der Waals surface area (Å²) in [7, 11) is -2.08. The zero-order valence-electron chi connectivity index (χ0n) is 22.8. The highest BCUT2D eigenvalue weighted by Gasteiger charge is 2.44. The molecule has 2 amide bonds.